The smallest absolute Gasteiger partial charge is 0.326 e. The van der Waals surface area contributed by atoms with E-state index in [4.69, 9.17) is 15.5 Å². The summed E-state index contributed by atoms with van der Waals surface area (Å²) in [6.45, 7) is 3.25. The predicted octanol–water partition coefficient (Wildman–Crippen LogP) is 0.379. The monoisotopic (exact) mass is 366 g/mol. The van der Waals surface area contributed by atoms with Gasteiger partial charge in [0, 0.05) is 11.9 Å². The molecule has 0 saturated heterocycles. The molecule has 9 nitrogen and oxygen atoms in total. The van der Waals surface area contributed by atoms with Crippen molar-refractivity contribution in [2.75, 3.05) is 5.32 Å². The van der Waals surface area contributed by atoms with Crippen LogP contribution in [0.3, 0.4) is 0 Å². The molecule has 1 rings (SSSR count). The number of hydrogen-bond donors (Lipinski definition) is 4. The minimum Gasteiger partial charge on any atom is -0.480 e. The van der Waals surface area contributed by atoms with Crippen LogP contribution in [0.5, 0.6) is 0 Å². The van der Waals surface area contributed by atoms with Gasteiger partial charge in [0.25, 0.3) is 5.91 Å². The van der Waals surface area contributed by atoms with Gasteiger partial charge in [-0.3, -0.25) is 4.79 Å². The zero-order chi connectivity index (χ0) is 19.2. The number of rotatable bonds is 7. The number of benzene rings is 1. The fourth-order valence-corrected chi connectivity index (χ4v) is 2.29. The number of anilines is 1. The van der Waals surface area contributed by atoms with Crippen LogP contribution >= 0.6 is 0 Å². The summed E-state index contributed by atoms with van der Waals surface area (Å²) in [5.74, 6) is -2.40. The topological polar surface area (TPSA) is 162 Å². The van der Waals surface area contributed by atoms with Gasteiger partial charge in [-0.2, -0.15) is 5.26 Å². The number of nitrogens with one attached hydrogen (secondary N) is 2. The molecular formula is C15H18N4O5S. The Balaban J connectivity index is 2.88. The highest BCUT2D eigenvalue weighted by molar-refractivity contribution is 7.89. The number of carbonyl (C=O) groups excluding carboxylic acids is 1. The largest absolute Gasteiger partial charge is 0.480 e. The molecule has 0 saturated carbocycles. The van der Waals surface area contributed by atoms with E-state index in [9.17, 15) is 18.0 Å². The number of carbonyl (C=O) groups is 2. The van der Waals surface area contributed by atoms with Crippen LogP contribution in [0.15, 0.2) is 40.9 Å². The van der Waals surface area contributed by atoms with Crippen LogP contribution in [0.25, 0.3) is 0 Å². The maximum Gasteiger partial charge on any atom is 0.326 e. The Kier molecular flexibility index (Phi) is 6.67. The number of nitriles is 1. The molecule has 0 aromatic heterocycles. The van der Waals surface area contributed by atoms with Gasteiger partial charge in [0.05, 0.1) is 4.90 Å². The van der Waals surface area contributed by atoms with E-state index in [1.54, 1.807) is 19.9 Å². The summed E-state index contributed by atoms with van der Waals surface area (Å²) < 4.78 is 22.3. The predicted molar refractivity (Wildman–Crippen MR) is 89.5 cm³/mol. The summed E-state index contributed by atoms with van der Waals surface area (Å²) in [6.07, 6.45) is 1.10. The Morgan fingerprint density at radius 3 is 2.24 bits per heavy atom. The average molecular weight is 366 g/mol. The molecule has 0 aliphatic carbocycles. The molecule has 134 valence electrons. The molecule has 0 aliphatic rings. The summed E-state index contributed by atoms with van der Waals surface area (Å²) in [7, 11) is -3.81. The third-order valence-corrected chi connectivity index (χ3v) is 4.08. The third kappa shape index (κ3) is 5.91. The van der Waals surface area contributed by atoms with E-state index in [0.717, 1.165) is 6.20 Å². The molecule has 1 unspecified atom stereocenters. The van der Waals surface area contributed by atoms with Crippen LogP contribution in [0.2, 0.25) is 0 Å². The number of carboxylic acid groups (broad SMARTS) is 1. The first-order valence-corrected chi connectivity index (χ1v) is 8.64. The zero-order valence-corrected chi connectivity index (χ0v) is 14.4. The van der Waals surface area contributed by atoms with Crippen molar-refractivity contribution in [2.24, 2.45) is 11.1 Å². The van der Waals surface area contributed by atoms with E-state index in [1.165, 1.54) is 24.3 Å². The number of hydrogen-bond acceptors (Lipinski definition) is 6. The summed E-state index contributed by atoms with van der Waals surface area (Å²) in [4.78, 5) is 23.0. The second kappa shape index (κ2) is 8.27. The highest BCUT2D eigenvalue weighted by Crippen LogP contribution is 2.13. The fraction of sp³-hybridized carbons (Fsp3) is 0.267. The molecule has 1 aromatic carbocycles. The van der Waals surface area contributed by atoms with Gasteiger partial charge in [0.15, 0.2) is 0 Å². The van der Waals surface area contributed by atoms with Gasteiger partial charge in [0.2, 0.25) is 10.0 Å². The number of nitrogens with two attached hydrogens (primary N) is 1. The summed E-state index contributed by atoms with van der Waals surface area (Å²) in [5.41, 5.74) is 0.0778. The molecule has 25 heavy (non-hydrogen) atoms. The van der Waals surface area contributed by atoms with Crippen LogP contribution in [0.4, 0.5) is 5.69 Å². The lowest BCUT2D eigenvalue weighted by atomic mass is 10.0. The third-order valence-electron chi connectivity index (χ3n) is 3.15. The first-order valence-electron chi connectivity index (χ1n) is 7.09. The SMILES string of the molecule is CC(C)C(NC(=O)/C(C#N)=C\Nc1ccc(S(N)(=O)=O)cc1)C(=O)O. The van der Waals surface area contributed by atoms with Gasteiger partial charge in [-0.15, -0.1) is 0 Å². The molecule has 10 heteroatoms. The average Bonchev–Trinajstić information content (AvgIpc) is 2.52. The lowest BCUT2D eigenvalue weighted by Crippen LogP contribution is -2.44. The van der Waals surface area contributed by atoms with Crippen molar-refractivity contribution in [3.63, 3.8) is 0 Å². The van der Waals surface area contributed by atoms with Crippen LogP contribution in [-0.4, -0.2) is 31.4 Å². The van der Waals surface area contributed by atoms with Crippen molar-refractivity contribution in [3.05, 3.63) is 36.0 Å². The number of sulfonamides is 1. The summed E-state index contributed by atoms with van der Waals surface area (Å²) in [6, 6.07) is 5.86. The number of carboxylic acids is 1. The molecule has 1 amide bonds. The highest BCUT2D eigenvalue weighted by Gasteiger charge is 2.24. The fourth-order valence-electron chi connectivity index (χ4n) is 1.78. The Bertz CT molecular complexity index is 822. The molecule has 0 bridgehead atoms. The lowest BCUT2D eigenvalue weighted by Gasteiger charge is -2.17. The molecule has 0 fully saturated rings. The first kappa shape index (κ1) is 20.1. The van der Waals surface area contributed by atoms with E-state index in [0.29, 0.717) is 5.69 Å². The van der Waals surface area contributed by atoms with Gasteiger partial charge in [0.1, 0.15) is 17.7 Å². The van der Waals surface area contributed by atoms with Crippen molar-refractivity contribution >= 4 is 27.6 Å². The van der Waals surface area contributed by atoms with Crippen LogP contribution in [0.1, 0.15) is 13.8 Å². The van der Waals surface area contributed by atoms with Crippen molar-refractivity contribution < 1.29 is 23.1 Å². The number of aliphatic carboxylic acids is 1. The lowest BCUT2D eigenvalue weighted by molar-refractivity contribution is -0.142. The van der Waals surface area contributed by atoms with Gasteiger partial charge in [-0.05, 0) is 30.2 Å². The van der Waals surface area contributed by atoms with Crippen LogP contribution in [0, 0.1) is 17.2 Å². The quantitative estimate of drug-likeness (QED) is 0.400. The van der Waals surface area contributed by atoms with E-state index in [-0.39, 0.29) is 16.4 Å². The van der Waals surface area contributed by atoms with Crippen molar-refractivity contribution in [1.29, 1.82) is 5.26 Å². The molecule has 1 atom stereocenters. The molecule has 0 spiro atoms. The molecule has 1 aromatic rings. The second-order valence-electron chi connectivity index (χ2n) is 5.42. The van der Waals surface area contributed by atoms with Crippen molar-refractivity contribution in [1.82, 2.24) is 5.32 Å². The Labute approximate surface area is 145 Å². The Morgan fingerprint density at radius 1 is 1.28 bits per heavy atom. The first-order chi connectivity index (χ1) is 11.6. The van der Waals surface area contributed by atoms with Crippen LogP contribution in [-0.2, 0) is 19.6 Å². The maximum absolute atomic E-state index is 12.0. The van der Waals surface area contributed by atoms with Gasteiger partial charge in [-0.25, -0.2) is 18.4 Å². The van der Waals surface area contributed by atoms with E-state index >= 15 is 0 Å². The summed E-state index contributed by atoms with van der Waals surface area (Å²) in [5, 5.41) is 28.0. The zero-order valence-electron chi connectivity index (χ0n) is 13.6. The standard InChI is InChI=1S/C15H18N4O5S/c1-9(2)13(15(21)22)19-14(20)10(7-16)8-18-11-3-5-12(6-4-11)25(17,23)24/h3-6,8-9,13,18H,1-2H3,(H,19,20)(H,21,22)(H2,17,23,24)/b10-8-. The normalized spacial score (nSPS) is 13.0. The highest BCUT2D eigenvalue weighted by atomic mass is 32.2. The summed E-state index contributed by atoms with van der Waals surface area (Å²) >= 11 is 0. The van der Waals surface area contributed by atoms with E-state index < -0.39 is 27.9 Å². The van der Waals surface area contributed by atoms with E-state index in [1.807, 2.05) is 0 Å². The number of primary sulfonamides is 1. The molecule has 0 radical (unpaired) electrons. The second-order valence-corrected chi connectivity index (χ2v) is 6.98. The Morgan fingerprint density at radius 2 is 1.84 bits per heavy atom. The maximum atomic E-state index is 12.0. The Hall–Kier alpha value is -2.90. The minimum absolute atomic E-state index is 0.0819. The van der Waals surface area contributed by atoms with Gasteiger partial charge in [-0.1, -0.05) is 13.8 Å². The molecule has 0 aliphatic heterocycles. The van der Waals surface area contributed by atoms with E-state index in [2.05, 4.69) is 10.6 Å². The van der Waals surface area contributed by atoms with Gasteiger partial charge < -0.3 is 15.7 Å². The minimum atomic E-state index is -3.81. The van der Waals surface area contributed by atoms with Crippen molar-refractivity contribution in [2.45, 2.75) is 24.8 Å². The van der Waals surface area contributed by atoms with Crippen molar-refractivity contribution in [3.8, 4) is 6.07 Å². The van der Waals surface area contributed by atoms with Crippen LogP contribution < -0.4 is 15.8 Å². The molecular weight excluding hydrogens is 348 g/mol. The molecule has 0 heterocycles. The molecule has 5 N–H and O–H groups in total. The number of amides is 1. The number of nitrogens with zero attached hydrogens (tertiary/aromatic N) is 1. The van der Waals surface area contributed by atoms with Gasteiger partial charge >= 0.3 is 5.97 Å².